The third-order valence-corrected chi connectivity index (χ3v) is 2.27. The fourth-order valence-electron chi connectivity index (χ4n) is 1.50. The molecule has 0 atom stereocenters. The molecule has 0 fully saturated rings. The van der Waals surface area contributed by atoms with E-state index in [0.29, 0.717) is 11.4 Å². The SMILES string of the molecule is Cc1cccnc1C(=O)Cc1cn(C)nn1. The smallest absolute Gasteiger partial charge is 0.187 e. The predicted octanol–water partition coefficient (Wildman–Crippen LogP) is 0.944. The fourth-order valence-corrected chi connectivity index (χ4v) is 1.50. The third kappa shape index (κ3) is 2.13. The first-order valence-electron chi connectivity index (χ1n) is 4.97. The van der Waals surface area contributed by atoms with Crippen molar-refractivity contribution in [2.75, 3.05) is 0 Å². The van der Waals surface area contributed by atoms with Gasteiger partial charge in [0.25, 0.3) is 0 Å². The van der Waals surface area contributed by atoms with E-state index in [0.717, 1.165) is 5.56 Å². The average Bonchev–Trinajstić information content (AvgIpc) is 2.64. The summed E-state index contributed by atoms with van der Waals surface area (Å²) in [6.07, 6.45) is 3.60. The summed E-state index contributed by atoms with van der Waals surface area (Å²) in [4.78, 5) is 16.0. The molecule has 0 saturated heterocycles. The van der Waals surface area contributed by atoms with Crippen LogP contribution in [0.2, 0.25) is 0 Å². The van der Waals surface area contributed by atoms with E-state index >= 15 is 0 Å². The largest absolute Gasteiger partial charge is 0.292 e. The quantitative estimate of drug-likeness (QED) is 0.716. The molecule has 5 nitrogen and oxygen atoms in total. The third-order valence-electron chi connectivity index (χ3n) is 2.27. The second-order valence-electron chi connectivity index (χ2n) is 3.65. The van der Waals surface area contributed by atoms with Gasteiger partial charge in [0, 0.05) is 19.4 Å². The van der Waals surface area contributed by atoms with Gasteiger partial charge in [0.15, 0.2) is 5.78 Å². The van der Waals surface area contributed by atoms with Crippen LogP contribution in [0.15, 0.2) is 24.5 Å². The lowest BCUT2D eigenvalue weighted by Gasteiger charge is -2.00. The van der Waals surface area contributed by atoms with Crippen molar-refractivity contribution < 1.29 is 4.79 Å². The van der Waals surface area contributed by atoms with Gasteiger partial charge in [-0.25, -0.2) is 0 Å². The minimum absolute atomic E-state index is 0.0291. The highest BCUT2D eigenvalue weighted by molar-refractivity contribution is 5.96. The Hall–Kier alpha value is -2.04. The maximum atomic E-state index is 11.9. The number of hydrogen-bond donors (Lipinski definition) is 0. The van der Waals surface area contributed by atoms with Crippen molar-refractivity contribution in [1.29, 1.82) is 0 Å². The zero-order valence-electron chi connectivity index (χ0n) is 9.21. The summed E-state index contributed by atoms with van der Waals surface area (Å²) >= 11 is 0. The van der Waals surface area contributed by atoms with Gasteiger partial charge in [-0.3, -0.25) is 14.5 Å². The van der Waals surface area contributed by atoms with Gasteiger partial charge in [-0.05, 0) is 18.6 Å². The number of ketones is 1. The van der Waals surface area contributed by atoms with E-state index in [-0.39, 0.29) is 12.2 Å². The Balaban J connectivity index is 2.18. The van der Waals surface area contributed by atoms with Crippen LogP contribution < -0.4 is 0 Å². The Labute approximate surface area is 93.1 Å². The Morgan fingerprint density at radius 2 is 2.31 bits per heavy atom. The predicted molar refractivity (Wildman–Crippen MR) is 58.0 cm³/mol. The molecule has 2 heterocycles. The summed E-state index contributed by atoms with van der Waals surface area (Å²) in [6.45, 7) is 1.87. The average molecular weight is 216 g/mol. The molecule has 0 unspecified atom stereocenters. The molecular formula is C11H12N4O. The summed E-state index contributed by atoms with van der Waals surface area (Å²) < 4.78 is 1.58. The molecule has 2 rings (SSSR count). The molecule has 0 radical (unpaired) electrons. The van der Waals surface area contributed by atoms with E-state index in [1.807, 2.05) is 19.1 Å². The Bertz CT molecular complexity index is 518. The van der Waals surface area contributed by atoms with Gasteiger partial charge in [-0.1, -0.05) is 11.3 Å². The second kappa shape index (κ2) is 4.22. The van der Waals surface area contributed by atoms with Crippen molar-refractivity contribution in [3.8, 4) is 0 Å². The molecule has 0 aliphatic rings. The Kier molecular flexibility index (Phi) is 2.76. The zero-order chi connectivity index (χ0) is 11.5. The molecule has 0 aliphatic carbocycles. The highest BCUT2D eigenvalue weighted by Crippen LogP contribution is 2.07. The van der Waals surface area contributed by atoms with E-state index in [1.165, 1.54) is 0 Å². The van der Waals surface area contributed by atoms with E-state index in [9.17, 15) is 4.79 Å². The summed E-state index contributed by atoms with van der Waals surface area (Å²) in [5, 5.41) is 7.66. The molecular weight excluding hydrogens is 204 g/mol. The van der Waals surface area contributed by atoms with Crippen molar-refractivity contribution >= 4 is 5.78 Å². The van der Waals surface area contributed by atoms with Gasteiger partial charge < -0.3 is 0 Å². The molecule has 0 saturated carbocycles. The van der Waals surface area contributed by atoms with Crippen LogP contribution in [0.4, 0.5) is 0 Å². The fraction of sp³-hybridized carbons (Fsp3) is 0.273. The molecule has 0 amide bonds. The molecule has 2 aromatic heterocycles. The van der Waals surface area contributed by atoms with E-state index in [2.05, 4.69) is 15.3 Å². The summed E-state index contributed by atoms with van der Waals surface area (Å²) in [7, 11) is 1.77. The highest BCUT2D eigenvalue weighted by Gasteiger charge is 2.12. The molecule has 5 heteroatoms. The van der Waals surface area contributed by atoms with Gasteiger partial charge in [0.1, 0.15) is 5.69 Å². The lowest BCUT2D eigenvalue weighted by atomic mass is 10.1. The molecule has 0 N–H and O–H groups in total. The maximum Gasteiger partial charge on any atom is 0.187 e. The summed E-state index contributed by atoms with van der Waals surface area (Å²) in [5.41, 5.74) is 2.06. The van der Waals surface area contributed by atoms with Crippen LogP contribution in [-0.4, -0.2) is 25.8 Å². The van der Waals surface area contributed by atoms with Crippen LogP contribution in [0.25, 0.3) is 0 Å². The standard InChI is InChI=1S/C11H12N4O/c1-8-4-3-5-12-11(8)10(16)6-9-7-15(2)14-13-9/h3-5,7H,6H2,1-2H3. The van der Waals surface area contributed by atoms with E-state index < -0.39 is 0 Å². The number of hydrogen-bond acceptors (Lipinski definition) is 4. The van der Waals surface area contributed by atoms with Crippen molar-refractivity contribution in [3.05, 3.63) is 41.5 Å². The van der Waals surface area contributed by atoms with E-state index in [1.54, 1.807) is 24.1 Å². The van der Waals surface area contributed by atoms with Crippen LogP contribution in [0.1, 0.15) is 21.7 Å². The number of aromatic nitrogens is 4. The first-order valence-corrected chi connectivity index (χ1v) is 4.97. The van der Waals surface area contributed by atoms with Gasteiger partial charge in [-0.2, -0.15) is 0 Å². The normalized spacial score (nSPS) is 10.4. The lowest BCUT2D eigenvalue weighted by molar-refractivity contribution is 0.0986. The zero-order valence-corrected chi connectivity index (χ0v) is 9.21. The minimum Gasteiger partial charge on any atom is -0.292 e. The highest BCUT2D eigenvalue weighted by atomic mass is 16.1. The maximum absolute atomic E-state index is 11.9. The monoisotopic (exact) mass is 216 g/mol. The van der Waals surface area contributed by atoms with E-state index in [4.69, 9.17) is 0 Å². The van der Waals surface area contributed by atoms with Crippen LogP contribution in [0.3, 0.4) is 0 Å². The van der Waals surface area contributed by atoms with Crippen LogP contribution in [0.5, 0.6) is 0 Å². The van der Waals surface area contributed by atoms with Gasteiger partial charge in [0.05, 0.1) is 12.1 Å². The summed E-state index contributed by atoms with van der Waals surface area (Å²) in [6, 6.07) is 3.69. The minimum atomic E-state index is -0.0291. The van der Waals surface area contributed by atoms with Crippen molar-refractivity contribution in [1.82, 2.24) is 20.0 Å². The molecule has 2 aromatic rings. The topological polar surface area (TPSA) is 60.7 Å². The first-order chi connectivity index (χ1) is 7.66. The number of aryl methyl sites for hydroxylation is 2. The number of pyridine rings is 1. The van der Waals surface area contributed by atoms with Crippen molar-refractivity contribution in [2.45, 2.75) is 13.3 Å². The lowest BCUT2D eigenvalue weighted by Crippen LogP contribution is -2.08. The molecule has 82 valence electrons. The van der Waals surface area contributed by atoms with Crippen LogP contribution in [-0.2, 0) is 13.5 Å². The molecule has 0 aliphatic heterocycles. The van der Waals surface area contributed by atoms with Gasteiger partial charge >= 0.3 is 0 Å². The number of Topliss-reactive ketones (excluding diaryl/α,β-unsaturated/α-hetero) is 1. The Morgan fingerprint density at radius 1 is 1.50 bits per heavy atom. The Morgan fingerprint density at radius 3 is 2.94 bits per heavy atom. The van der Waals surface area contributed by atoms with Crippen molar-refractivity contribution in [2.24, 2.45) is 7.05 Å². The molecule has 16 heavy (non-hydrogen) atoms. The van der Waals surface area contributed by atoms with Crippen molar-refractivity contribution in [3.63, 3.8) is 0 Å². The second-order valence-corrected chi connectivity index (χ2v) is 3.65. The molecule has 0 spiro atoms. The van der Waals surface area contributed by atoms with Gasteiger partial charge in [0.2, 0.25) is 0 Å². The molecule has 0 bridgehead atoms. The van der Waals surface area contributed by atoms with Crippen LogP contribution in [0, 0.1) is 6.92 Å². The summed E-state index contributed by atoms with van der Waals surface area (Å²) in [5.74, 6) is -0.0291. The van der Waals surface area contributed by atoms with Gasteiger partial charge in [-0.15, -0.1) is 5.10 Å². The number of rotatable bonds is 3. The van der Waals surface area contributed by atoms with Crippen LogP contribution >= 0.6 is 0 Å². The number of nitrogens with zero attached hydrogens (tertiary/aromatic N) is 4. The molecule has 0 aromatic carbocycles. The first kappa shape index (κ1) is 10.5. The number of carbonyl (C=O) groups is 1. The number of carbonyl (C=O) groups excluding carboxylic acids is 1.